The number of hydrogen-bond acceptors (Lipinski definition) is 6. The minimum atomic E-state index is -2.95. The van der Waals surface area contributed by atoms with Crippen LogP contribution in [-0.4, -0.2) is 79.4 Å². The molecule has 2 fully saturated rings. The fraction of sp³-hybridized carbons (Fsp3) is 0.380. The van der Waals surface area contributed by atoms with Crippen LogP contribution >= 0.6 is 0 Å². The summed E-state index contributed by atoms with van der Waals surface area (Å²) in [7, 11) is -2.95. The first-order valence-corrected chi connectivity index (χ1v) is 23.5. The maximum Gasteiger partial charge on any atom is 0.262 e. The van der Waals surface area contributed by atoms with Gasteiger partial charge in [-0.25, -0.2) is 0 Å². The van der Waals surface area contributed by atoms with Crippen molar-refractivity contribution in [3.05, 3.63) is 145 Å². The first-order chi connectivity index (χ1) is 29.4. The van der Waals surface area contributed by atoms with E-state index in [0.717, 1.165) is 34.3 Å². The van der Waals surface area contributed by atoms with Crippen LogP contribution in [-0.2, 0) is 41.2 Å². The quantitative estimate of drug-likeness (QED) is 0.112. The van der Waals surface area contributed by atoms with Crippen LogP contribution in [0.3, 0.4) is 0 Å². The maximum absolute atomic E-state index is 14.3. The van der Waals surface area contributed by atoms with Gasteiger partial charge < -0.3 is 25.3 Å². The van der Waals surface area contributed by atoms with Crippen molar-refractivity contribution in [1.82, 2.24) is 20.9 Å². The Balaban J connectivity index is 1.18. The van der Waals surface area contributed by atoms with Crippen LogP contribution in [0, 0.1) is 0 Å². The number of ketones is 1. The van der Waals surface area contributed by atoms with Crippen LogP contribution in [0.25, 0.3) is 0 Å². The molecule has 0 unspecified atom stereocenters. The lowest BCUT2D eigenvalue weighted by Gasteiger charge is -2.44. The predicted octanol–water partition coefficient (Wildman–Crippen LogP) is 5.58. The molecule has 4 amide bonds. The smallest absolute Gasteiger partial charge is 0.262 e. The molecule has 320 valence electrons. The summed E-state index contributed by atoms with van der Waals surface area (Å²) in [5.74, 6) is -1.75. The molecule has 0 bridgehead atoms. The van der Waals surface area contributed by atoms with E-state index >= 15 is 0 Å². The second-order valence-corrected chi connectivity index (χ2v) is 21.5. The van der Waals surface area contributed by atoms with Gasteiger partial charge in [0, 0.05) is 25.8 Å². The van der Waals surface area contributed by atoms with E-state index in [-0.39, 0.29) is 42.4 Å². The average molecular weight is 841 g/mol. The van der Waals surface area contributed by atoms with Crippen LogP contribution < -0.4 is 26.3 Å². The lowest BCUT2D eigenvalue weighted by molar-refractivity contribution is -0.146. The third kappa shape index (κ3) is 11.2. The van der Waals surface area contributed by atoms with Gasteiger partial charge in [-0.15, -0.1) is 0 Å². The fourth-order valence-corrected chi connectivity index (χ4v) is 13.3. The zero-order valence-electron chi connectivity index (χ0n) is 35.8. The Labute approximate surface area is 361 Å². The van der Waals surface area contributed by atoms with Crippen molar-refractivity contribution in [3.63, 3.8) is 0 Å². The number of allylic oxidation sites excluding steroid dienone is 2. The molecule has 2 aliphatic heterocycles. The topological polar surface area (TPSA) is 134 Å². The van der Waals surface area contributed by atoms with Crippen LogP contribution in [0.4, 0.5) is 0 Å². The molecule has 0 aromatic heterocycles. The molecule has 2 aliphatic rings. The standard InChI is InChI=1S/C50H60N4O6Si/c1-36(60-61(50(2,3)4,39-26-14-7-15-27-39)40-28-16-8-17-29-40)45(55)32-19-9-18-30-41-46(56)52-42(34-37-22-10-5-11-23-37)47(57)53-43(35-38-24-12-6-13-25-38)49(59)54-33-21-20-31-44(54)48(58)51-41/h5-17,19,22-29,36,41-44H,18,20-21,30-35H2,1-4H3,(H,51,58)(H,52,56)(H,53,57)/t36-,41-,42-,43-,44+/m0/s1. The summed E-state index contributed by atoms with van der Waals surface area (Å²) in [5, 5.41) is 10.8. The second-order valence-electron chi connectivity index (χ2n) is 17.2. The van der Waals surface area contributed by atoms with E-state index in [1.54, 1.807) is 11.0 Å². The average Bonchev–Trinajstić information content (AvgIpc) is 3.27. The van der Waals surface area contributed by atoms with Crippen LogP contribution in [0.2, 0.25) is 5.04 Å². The highest BCUT2D eigenvalue weighted by Crippen LogP contribution is 2.37. The molecule has 11 heteroatoms. The number of fused-ring (bicyclic) bond motifs is 1. The van der Waals surface area contributed by atoms with Gasteiger partial charge in [-0.1, -0.05) is 154 Å². The highest BCUT2D eigenvalue weighted by molar-refractivity contribution is 6.99. The molecule has 5 atom stereocenters. The number of hydrogen-bond donors (Lipinski definition) is 3. The summed E-state index contributed by atoms with van der Waals surface area (Å²) in [6, 6.07) is 35.5. The lowest BCUT2D eigenvalue weighted by atomic mass is 9.96. The Bertz CT molecular complexity index is 2090. The minimum absolute atomic E-state index is 0.0660. The summed E-state index contributed by atoms with van der Waals surface area (Å²) >= 11 is 0. The summed E-state index contributed by atoms with van der Waals surface area (Å²) in [6.45, 7) is 8.73. The number of benzene rings is 4. The zero-order valence-corrected chi connectivity index (χ0v) is 36.8. The summed E-state index contributed by atoms with van der Waals surface area (Å²) in [5.41, 5.74) is 1.70. The van der Waals surface area contributed by atoms with Crippen LogP contribution in [0.1, 0.15) is 77.3 Å². The number of piperidine rings is 1. The molecule has 2 saturated heterocycles. The van der Waals surface area contributed by atoms with Gasteiger partial charge in [0.1, 0.15) is 30.3 Å². The third-order valence-corrected chi connectivity index (χ3v) is 17.0. The molecule has 0 radical (unpaired) electrons. The third-order valence-electron chi connectivity index (χ3n) is 11.9. The fourth-order valence-electron chi connectivity index (χ4n) is 8.63. The molecule has 2 heterocycles. The highest BCUT2D eigenvalue weighted by atomic mass is 28.4. The van der Waals surface area contributed by atoms with Gasteiger partial charge in [-0.3, -0.25) is 24.0 Å². The number of Topliss-reactive ketones (excluding diaryl/α,β-unsaturated/α-hetero) is 1. The monoisotopic (exact) mass is 840 g/mol. The van der Waals surface area contributed by atoms with Gasteiger partial charge in [-0.05, 0) is 65.6 Å². The second kappa shape index (κ2) is 20.7. The van der Waals surface area contributed by atoms with Crippen molar-refractivity contribution >= 4 is 48.1 Å². The largest absolute Gasteiger partial charge is 0.398 e. The number of rotatable bonds is 14. The Morgan fingerprint density at radius 1 is 0.689 bits per heavy atom. The van der Waals surface area contributed by atoms with E-state index in [2.05, 4.69) is 61.0 Å². The number of nitrogens with zero attached hydrogens (tertiary/aromatic N) is 1. The molecule has 0 aliphatic carbocycles. The molecule has 3 N–H and O–H groups in total. The molecule has 0 spiro atoms. The van der Waals surface area contributed by atoms with Crippen molar-refractivity contribution in [2.75, 3.05) is 6.54 Å². The van der Waals surface area contributed by atoms with Gasteiger partial charge in [0.2, 0.25) is 23.6 Å². The maximum atomic E-state index is 14.3. The zero-order chi connectivity index (χ0) is 43.4. The normalized spacial score (nSPS) is 21.0. The molecule has 61 heavy (non-hydrogen) atoms. The first kappa shape index (κ1) is 44.9. The van der Waals surface area contributed by atoms with E-state index in [9.17, 15) is 24.0 Å². The first-order valence-electron chi connectivity index (χ1n) is 21.6. The number of nitrogens with one attached hydrogen (secondary N) is 3. The van der Waals surface area contributed by atoms with Crippen LogP contribution in [0.5, 0.6) is 0 Å². The van der Waals surface area contributed by atoms with Gasteiger partial charge >= 0.3 is 0 Å². The summed E-state index contributed by atoms with van der Waals surface area (Å²) in [6.07, 6.45) is 6.03. The number of amides is 4. The Hall–Kier alpha value is -5.65. The van der Waals surface area contributed by atoms with Gasteiger partial charge in [0.15, 0.2) is 5.78 Å². The van der Waals surface area contributed by atoms with Crippen molar-refractivity contribution in [2.24, 2.45) is 0 Å². The molecule has 4 aromatic rings. The van der Waals surface area contributed by atoms with Crippen molar-refractivity contribution in [2.45, 2.75) is 114 Å². The molecule has 4 aromatic carbocycles. The Kier molecular flexibility index (Phi) is 15.3. The minimum Gasteiger partial charge on any atom is -0.398 e. The molecule has 6 rings (SSSR count). The Morgan fingerprint density at radius 3 is 1.74 bits per heavy atom. The molecule has 0 saturated carbocycles. The van der Waals surface area contributed by atoms with Gasteiger partial charge in [0.05, 0.1) is 0 Å². The molecule has 10 nitrogen and oxygen atoms in total. The van der Waals surface area contributed by atoms with Gasteiger partial charge in [-0.2, -0.15) is 0 Å². The Morgan fingerprint density at radius 2 is 1.18 bits per heavy atom. The van der Waals surface area contributed by atoms with Crippen molar-refractivity contribution in [1.29, 1.82) is 0 Å². The molecular formula is C50H60N4O6Si. The van der Waals surface area contributed by atoms with Gasteiger partial charge in [0.25, 0.3) is 8.32 Å². The van der Waals surface area contributed by atoms with E-state index in [4.69, 9.17) is 4.43 Å². The molecular weight excluding hydrogens is 781 g/mol. The van der Waals surface area contributed by atoms with Crippen molar-refractivity contribution < 1.29 is 28.4 Å². The predicted molar refractivity (Wildman–Crippen MR) is 242 cm³/mol. The summed E-state index contributed by atoms with van der Waals surface area (Å²) < 4.78 is 7.02. The van der Waals surface area contributed by atoms with E-state index in [1.165, 1.54) is 0 Å². The van der Waals surface area contributed by atoms with E-state index in [1.807, 2.05) is 110 Å². The lowest BCUT2D eigenvalue weighted by Crippen LogP contribution is -2.68. The van der Waals surface area contributed by atoms with E-state index in [0.29, 0.717) is 19.4 Å². The number of carbonyl (C=O) groups is 5. The van der Waals surface area contributed by atoms with Crippen molar-refractivity contribution in [3.8, 4) is 0 Å². The summed E-state index contributed by atoms with van der Waals surface area (Å²) in [4.78, 5) is 72.0. The highest BCUT2D eigenvalue weighted by Gasteiger charge is 2.51. The SMILES string of the molecule is C[C@H](O[Si](c1ccccc1)(c1ccccc1)C(C)(C)C)C(=O)CC=CCC[C@@H]1NC(=O)[C@H]2CCCCN2C(=O)[C@H](Cc2ccccc2)NC(=O)[C@H](Cc2ccccc2)NC1=O. The van der Waals surface area contributed by atoms with E-state index < -0.39 is 56.3 Å². The number of carbonyl (C=O) groups excluding carboxylic acids is 5. The van der Waals surface area contributed by atoms with Crippen LogP contribution in [0.15, 0.2) is 133 Å².